The predicted molar refractivity (Wildman–Crippen MR) is 141 cm³/mol. The standard InChI is InChI=1S/C30H40N2O2.H2/c1-22-17-23-7-3-4-14-30(20-22,21-23)29(33)31-26-10-5-8-24(18-26)25-9-6-11-28(19-25)34-27-12-15-32(2)16-13-27;/h5-6,8-11,18-19,22-23,27H,3-4,7,12-17,20-21H2,1-2H3,(H,31,33);1H. The lowest BCUT2D eigenvalue weighted by Crippen LogP contribution is -2.41. The van der Waals surface area contributed by atoms with Gasteiger partial charge in [-0.05, 0) is 92.8 Å². The van der Waals surface area contributed by atoms with E-state index in [0.29, 0.717) is 5.92 Å². The Labute approximate surface area is 206 Å². The van der Waals surface area contributed by atoms with Crippen molar-refractivity contribution in [3.63, 3.8) is 0 Å². The van der Waals surface area contributed by atoms with E-state index in [2.05, 4.69) is 60.6 Å². The van der Waals surface area contributed by atoms with E-state index in [1.807, 2.05) is 12.1 Å². The summed E-state index contributed by atoms with van der Waals surface area (Å²) < 4.78 is 6.31. The van der Waals surface area contributed by atoms with Crippen LogP contribution in [0, 0.1) is 17.3 Å². The van der Waals surface area contributed by atoms with Gasteiger partial charge in [0, 0.05) is 20.2 Å². The monoisotopic (exact) mass is 462 g/mol. The summed E-state index contributed by atoms with van der Waals surface area (Å²) in [5.41, 5.74) is 2.95. The van der Waals surface area contributed by atoms with E-state index in [9.17, 15) is 4.79 Å². The molecular formula is C30H42N2O2. The van der Waals surface area contributed by atoms with Gasteiger partial charge in [0.15, 0.2) is 0 Å². The van der Waals surface area contributed by atoms with Crippen LogP contribution in [0.25, 0.3) is 11.1 Å². The van der Waals surface area contributed by atoms with Crippen molar-refractivity contribution in [2.75, 3.05) is 25.5 Å². The van der Waals surface area contributed by atoms with Gasteiger partial charge < -0.3 is 15.0 Å². The molecule has 3 unspecified atom stereocenters. The molecule has 5 rings (SSSR count). The highest BCUT2D eigenvalue weighted by Crippen LogP contribution is 2.50. The zero-order chi connectivity index (χ0) is 23.5. The second-order valence-corrected chi connectivity index (χ2v) is 11.3. The van der Waals surface area contributed by atoms with E-state index in [1.165, 1.54) is 25.7 Å². The molecular weight excluding hydrogens is 420 g/mol. The zero-order valence-electron chi connectivity index (χ0n) is 20.9. The Morgan fingerprint density at radius 1 is 1.03 bits per heavy atom. The molecule has 2 aromatic carbocycles. The summed E-state index contributed by atoms with van der Waals surface area (Å²) in [5, 5.41) is 3.33. The molecule has 4 nitrogen and oxygen atoms in total. The number of rotatable bonds is 5. The zero-order valence-corrected chi connectivity index (χ0v) is 20.9. The van der Waals surface area contributed by atoms with Crippen LogP contribution >= 0.6 is 0 Å². The number of hydrogen-bond acceptors (Lipinski definition) is 3. The van der Waals surface area contributed by atoms with Crippen molar-refractivity contribution in [3.05, 3.63) is 48.5 Å². The molecule has 3 fully saturated rings. The normalized spacial score (nSPS) is 28.2. The van der Waals surface area contributed by atoms with Gasteiger partial charge in [0.25, 0.3) is 0 Å². The molecule has 34 heavy (non-hydrogen) atoms. The summed E-state index contributed by atoms with van der Waals surface area (Å²) >= 11 is 0. The predicted octanol–water partition coefficient (Wildman–Crippen LogP) is 7.01. The van der Waals surface area contributed by atoms with Crippen LogP contribution in [0.5, 0.6) is 5.75 Å². The molecule has 3 atom stereocenters. The van der Waals surface area contributed by atoms with Crippen molar-refractivity contribution in [2.45, 2.75) is 70.8 Å². The minimum atomic E-state index is -0.184. The summed E-state index contributed by atoms with van der Waals surface area (Å²) in [5.74, 6) is 2.53. The van der Waals surface area contributed by atoms with Gasteiger partial charge in [-0.3, -0.25) is 4.79 Å². The SMILES string of the molecule is CC1CC2CCCCC(C(=O)Nc3cccc(-c4cccc(OC5CCN(C)CC5)c4)c3)(C1)C2.[HH]. The van der Waals surface area contributed by atoms with Crippen molar-refractivity contribution in [2.24, 2.45) is 17.3 Å². The van der Waals surface area contributed by atoms with Gasteiger partial charge in [0.2, 0.25) is 5.91 Å². The molecule has 1 saturated heterocycles. The van der Waals surface area contributed by atoms with Crippen molar-refractivity contribution < 1.29 is 11.0 Å². The Kier molecular flexibility index (Phi) is 6.96. The molecule has 1 heterocycles. The third kappa shape index (κ3) is 5.33. The molecule has 1 N–H and O–H groups in total. The second kappa shape index (κ2) is 10.1. The van der Waals surface area contributed by atoms with Crippen molar-refractivity contribution in [3.8, 4) is 16.9 Å². The summed E-state index contributed by atoms with van der Waals surface area (Å²) in [7, 11) is 2.17. The van der Waals surface area contributed by atoms with E-state index < -0.39 is 0 Å². The lowest BCUT2D eigenvalue weighted by Gasteiger charge is -2.41. The Bertz CT molecular complexity index is 1000. The maximum Gasteiger partial charge on any atom is 0.230 e. The van der Waals surface area contributed by atoms with Crippen molar-refractivity contribution >= 4 is 11.6 Å². The largest absolute Gasteiger partial charge is 0.490 e. The van der Waals surface area contributed by atoms with E-state index in [4.69, 9.17) is 4.74 Å². The van der Waals surface area contributed by atoms with Gasteiger partial charge >= 0.3 is 0 Å². The molecule has 2 bridgehead atoms. The van der Waals surface area contributed by atoms with E-state index >= 15 is 0 Å². The van der Waals surface area contributed by atoms with Gasteiger partial charge in [-0.1, -0.05) is 50.5 Å². The van der Waals surface area contributed by atoms with Gasteiger partial charge in [-0.2, -0.15) is 0 Å². The number of carbonyl (C=O) groups excluding carboxylic acids is 1. The molecule has 3 aliphatic rings. The summed E-state index contributed by atoms with van der Waals surface area (Å²) in [6.07, 6.45) is 10.6. The highest BCUT2D eigenvalue weighted by molar-refractivity contribution is 5.96. The van der Waals surface area contributed by atoms with Crippen LogP contribution < -0.4 is 10.1 Å². The van der Waals surface area contributed by atoms with Gasteiger partial charge in [0.1, 0.15) is 11.9 Å². The molecule has 0 radical (unpaired) electrons. The van der Waals surface area contributed by atoms with Gasteiger partial charge in [0.05, 0.1) is 5.41 Å². The van der Waals surface area contributed by atoms with Crippen LogP contribution in [-0.2, 0) is 4.79 Å². The summed E-state index contributed by atoms with van der Waals surface area (Å²) in [6, 6.07) is 16.7. The molecule has 4 heteroatoms. The smallest absolute Gasteiger partial charge is 0.230 e. The molecule has 0 aromatic heterocycles. The van der Waals surface area contributed by atoms with E-state index in [0.717, 1.165) is 73.7 Å². The lowest BCUT2D eigenvalue weighted by atomic mass is 9.64. The van der Waals surface area contributed by atoms with Crippen molar-refractivity contribution in [1.82, 2.24) is 4.90 Å². The fraction of sp³-hybridized carbons (Fsp3) is 0.567. The minimum absolute atomic E-state index is 0. The van der Waals surface area contributed by atoms with Crippen LogP contribution in [0.4, 0.5) is 5.69 Å². The number of anilines is 1. The Morgan fingerprint density at radius 2 is 1.79 bits per heavy atom. The van der Waals surface area contributed by atoms with Crippen LogP contribution in [0.3, 0.4) is 0 Å². The number of likely N-dealkylation sites (tertiary alicyclic amines) is 1. The first-order valence-electron chi connectivity index (χ1n) is 13.4. The highest BCUT2D eigenvalue weighted by atomic mass is 16.5. The number of carbonyl (C=O) groups is 1. The maximum atomic E-state index is 13.6. The second-order valence-electron chi connectivity index (χ2n) is 11.3. The van der Waals surface area contributed by atoms with Gasteiger partial charge in [-0.25, -0.2) is 0 Å². The Morgan fingerprint density at radius 3 is 2.62 bits per heavy atom. The number of ether oxygens (including phenoxy) is 1. The molecule has 1 aliphatic heterocycles. The number of amides is 1. The van der Waals surface area contributed by atoms with Crippen LogP contribution in [0.2, 0.25) is 0 Å². The quantitative estimate of drug-likeness (QED) is 0.520. The number of nitrogens with zero attached hydrogens (tertiary/aromatic N) is 1. The molecule has 2 aromatic rings. The number of fused-ring (bicyclic) bond motifs is 2. The molecule has 184 valence electrons. The van der Waals surface area contributed by atoms with Crippen molar-refractivity contribution in [1.29, 1.82) is 0 Å². The van der Waals surface area contributed by atoms with Crippen LogP contribution in [0.1, 0.15) is 66.1 Å². The minimum Gasteiger partial charge on any atom is -0.490 e. The lowest BCUT2D eigenvalue weighted by molar-refractivity contribution is -0.129. The third-order valence-electron chi connectivity index (χ3n) is 8.41. The van der Waals surface area contributed by atoms with Gasteiger partial charge in [-0.15, -0.1) is 0 Å². The topological polar surface area (TPSA) is 41.6 Å². The number of benzene rings is 2. The van der Waals surface area contributed by atoms with E-state index in [-0.39, 0.29) is 18.9 Å². The first-order chi connectivity index (χ1) is 16.5. The number of hydrogen-bond donors (Lipinski definition) is 1. The average Bonchev–Trinajstić information content (AvgIpc) is 2.99. The summed E-state index contributed by atoms with van der Waals surface area (Å²) in [4.78, 5) is 16.0. The molecule has 0 spiro atoms. The first kappa shape index (κ1) is 23.4. The average molecular weight is 463 g/mol. The number of piperidine rings is 1. The fourth-order valence-corrected chi connectivity index (χ4v) is 6.74. The first-order valence-corrected chi connectivity index (χ1v) is 13.4. The molecule has 1 amide bonds. The van der Waals surface area contributed by atoms with Crippen LogP contribution in [0.15, 0.2) is 48.5 Å². The Hall–Kier alpha value is -2.33. The van der Waals surface area contributed by atoms with Crippen LogP contribution in [-0.4, -0.2) is 37.0 Å². The summed E-state index contributed by atoms with van der Waals surface area (Å²) in [6.45, 7) is 4.51. The molecule has 2 aliphatic carbocycles. The third-order valence-corrected chi connectivity index (χ3v) is 8.41. The van der Waals surface area contributed by atoms with E-state index in [1.54, 1.807) is 0 Å². The molecule has 2 saturated carbocycles. The number of nitrogens with one attached hydrogen (secondary N) is 1. The highest BCUT2D eigenvalue weighted by Gasteiger charge is 2.45. The maximum absolute atomic E-state index is 13.6. The fourth-order valence-electron chi connectivity index (χ4n) is 6.74. The Balaban J connectivity index is 0.00000289.